The summed E-state index contributed by atoms with van der Waals surface area (Å²) in [6.07, 6.45) is 1.12. The fourth-order valence-electron chi connectivity index (χ4n) is 2.89. The summed E-state index contributed by atoms with van der Waals surface area (Å²) in [4.78, 5) is 36.9. The second-order valence-electron chi connectivity index (χ2n) is 6.60. The van der Waals surface area contributed by atoms with Crippen molar-refractivity contribution in [2.45, 2.75) is 18.9 Å². The molecule has 0 fully saturated rings. The molecular formula is C19H20N4O5S. The molecule has 1 unspecified atom stereocenters. The Morgan fingerprint density at radius 1 is 1.07 bits per heavy atom. The molecule has 0 saturated carbocycles. The van der Waals surface area contributed by atoms with Gasteiger partial charge in [0.1, 0.15) is 6.04 Å². The van der Waals surface area contributed by atoms with Crippen molar-refractivity contribution in [1.29, 1.82) is 0 Å². The third-order valence-corrected chi connectivity index (χ3v) is 4.77. The fraction of sp³-hybridized carbons (Fsp3) is 0.211. The summed E-state index contributed by atoms with van der Waals surface area (Å²) < 4.78 is 24.9. The predicted octanol–water partition coefficient (Wildman–Crippen LogP) is 1.53. The topological polar surface area (TPSA) is 133 Å². The second-order valence-corrected chi connectivity index (χ2v) is 8.35. The van der Waals surface area contributed by atoms with Gasteiger partial charge in [-0.25, -0.2) is 8.42 Å². The molecule has 2 aromatic rings. The molecule has 3 amide bonds. The number of amides is 3. The summed E-state index contributed by atoms with van der Waals surface area (Å²) in [7, 11) is -3.43. The van der Waals surface area contributed by atoms with Gasteiger partial charge < -0.3 is 16.0 Å². The van der Waals surface area contributed by atoms with Gasteiger partial charge in [-0.3, -0.25) is 19.1 Å². The van der Waals surface area contributed by atoms with Crippen LogP contribution in [-0.2, 0) is 19.6 Å². The highest BCUT2D eigenvalue weighted by atomic mass is 32.2. The van der Waals surface area contributed by atoms with Crippen molar-refractivity contribution in [3.63, 3.8) is 0 Å². The number of anilines is 3. The van der Waals surface area contributed by atoms with Gasteiger partial charge in [0.2, 0.25) is 21.8 Å². The van der Waals surface area contributed by atoms with Crippen LogP contribution in [0.25, 0.3) is 0 Å². The van der Waals surface area contributed by atoms with Crippen LogP contribution in [0.2, 0.25) is 0 Å². The number of fused-ring (bicyclic) bond motifs is 1. The fourth-order valence-corrected chi connectivity index (χ4v) is 3.44. The van der Waals surface area contributed by atoms with E-state index in [4.69, 9.17) is 0 Å². The van der Waals surface area contributed by atoms with Crippen LogP contribution in [-0.4, -0.2) is 38.4 Å². The molecule has 4 N–H and O–H groups in total. The summed E-state index contributed by atoms with van der Waals surface area (Å²) >= 11 is 0. The van der Waals surface area contributed by atoms with Crippen LogP contribution in [0.5, 0.6) is 0 Å². The summed E-state index contributed by atoms with van der Waals surface area (Å²) in [6, 6.07) is 12.1. The van der Waals surface area contributed by atoms with Gasteiger partial charge in [0.25, 0.3) is 5.91 Å². The number of benzene rings is 2. The Balaban J connectivity index is 1.59. The standard InChI is InChI=1S/C19H20N4O5S/c1-29(27,28)23-13-6-4-5-12(11-13)20-17(24)10-9-16-19(26)21-15-8-3-2-7-14(15)18(25)22-16/h2-8,11,16,23H,9-10H2,1H3,(H,20,24)(H,21,26)(H,22,25). The van der Waals surface area contributed by atoms with Crippen LogP contribution < -0.4 is 20.7 Å². The molecule has 1 atom stereocenters. The summed E-state index contributed by atoms with van der Waals surface area (Å²) in [5, 5.41) is 7.97. The number of carbonyl (C=O) groups is 3. The molecule has 2 aromatic carbocycles. The number of para-hydroxylation sites is 1. The van der Waals surface area contributed by atoms with Gasteiger partial charge in [0, 0.05) is 12.1 Å². The van der Waals surface area contributed by atoms with E-state index < -0.39 is 22.0 Å². The molecular weight excluding hydrogens is 396 g/mol. The maximum absolute atomic E-state index is 12.3. The Morgan fingerprint density at radius 2 is 1.79 bits per heavy atom. The van der Waals surface area contributed by atoms with Crippen molar-refractivity contribution in [2.75, 3.05) is 21.6 Å². The minimum atomic E-state index is -3.43. The van der Waals surface area contributed by atoms with Gasteiger partial charge in [0.15, 0.2) is 0 Å². The lowest BCUT2D eigenvalue weighted by Gasteiger charge is -2.14. The van der Waals surface area contributed by atoms with Gasteiger partial charge in [-0.05, 0) is 36.8 Å². The first-order valence-corrected chi connectivity index (χ1v) is 10.7. The Morgan fingerprint density at radius 3 is 2.55 bits per heavy atom. The van der Waals surface area contributed by atoms with E-state index in [1.54, 1.807) is 42.5 Å². The van der Waals surface area contributed by atoms with Gasteiger partial charge in [-0.2, -0.15) is 0 Å². The van der Waals surface area contributed by atoms with Crippen molar-refractivity contribution in [3.8, 4) is 0 Å². The van der Waals surface area contributed by atoms with Crippen molar-refractivity contribution in [2.24, 2.45) is 0 Å². The molecule has 152 valence electrons. The number of nitrogens with one attached hydrogen (secondary N) is 4. The maximum atomic E-state index is 12.3. The molecule has 0 aromatic heterocycles. The number of hydrogen-bond donors (Lipinski definition) is 4. The molecule has 29 heavy (non-hydrogen) atoms. The van der Waals surface area contributed by atoms with Crippen LogP contribution in [0.1, 0.15) is 23.2 Å². The van der Waals surface area contributed by atoms with E-state index in [0.29, 0.717) is 22.6 Å². The minimum absolute atomic E-state index is 0.0154. The monoisotopic (exact) mass is 416 g/mol. The number of sulfonamides is 1. The molecule has 0 spiro atoms. The molecule has 0 radical (unpaired) electrons. The number of carbonyl (C=O) groups excluding carboxylic acids is 3. The number of hydrogen-bond acceptors (Lipinski definition) is 5. The van der Waals surface area contributed by atoms with E-state index in [1.807, 2.05) is 0 Å². The van der Waals surface area contributed by atoms with Gasteiger partial charge in [-0.1, -0.05) is 18.2 Å². The van der Waals surface area contributed by atoms with Crippen LogP contribution >= 0.6 is 0 Å². The van der Waals surface area contributed by atoms with Crippen LogP contribution in [0.4, 0.5) is 17.1 Å². The third kappa shape index (κ3) is 5.55. The molecule has 10 heteroatoms. The normalized spacial score (nSPS) is 16.1. The molecule has 3 rings (SSSR count). The highest BCUT2D eigenvalue weighted by molar-refractivity contribution is 7.92. The van der Waals surface area contributed by atoms with Gasteiger partial charge >= 0.3 is 0 Å². The van der Waals surface area contributed by atoms with Gasteiger partial charge in [-0.15, -0.1) is 0 Å². The van der Waals surface area contributed by atoms with Crippen molar-refractivity contribution < 1.29 is 22.8 Å². The lowest BCUT2D eigenvalue weighted by Crippen LogP contribution is -2.41. The van der Waals surface area contributed by atoms with E-state index in [1.165, 1.54) is 6.07 Å². The molecule has 0 bridgehead atoms. The van der Waals surface area contributed by atoms with E-state index in [9.17, 15) is 22.8 Å². The Bertz CT molecular complexity index is 1070. The van der Waals surface area contributed by atoms with E-state index in [0.717, 1.165) is 6.26 Å². The first kappa shape index (κ1) is 20.3. The minimum Gasteiger partial charge on any atom is -0.340 e. The maximum Gasteiger partial charge on any atom is 0.254 e. The highest BCUT2D eigenvalue weighted by Gasteiger charge is 2.27. The lowest BCUT2D eigenvalue weighted by molar-refractivity contribution is -0.118. The summed E-state index contributed by atoms with van der Waals surface area (Å²) in [6.45, 7) is 0. The summed E-state index contributed by atoms with van der Waals surface area (Å²) in [5.74, 6) is -1.15. The SMILES string of the molecule is CS(=O)(=O)Nc1cccc(NC(=O)CCC2NC(=O)c3ccccc3NC2=O)c1. The molecule has 0 saturated heterocycles. The van der Waals surface area contributed by atoms with Crippen LogP contribution in [0.3, 0.4) is 0 Å². The average Bonchev–Trinajstić information content (AvgIpc) is 2.75. The molecule has 1 heterocycles. The molecule has 0 aliphatic carbocycles. The highest BCUT2D eigenvalue weighted by Crippen LogP contribution is 2.20. The molecule has 9 nitrogen and oxygen atoms in total. The largest absolute Gasteiger partial charge is 0.340 e. The average molecular weight is 416 g/mol. The van der Waals surface area contributed by atoms with Gasteiger partial charge in [0.05, 0.1) is 23.2 Å². The zero-order valence-electron chi connectivity index (χ0n) is 15.6. The Kier molecular flexibility index (Phi) is 5.83. The Hall–Kier alpha value is -3.40. The first-order chi connectivity index (χ1) is 13.7. The summed E-state index contributed by atoms with van der Waals surface area (Å²) in [5.41, 5.74) is 1.52. The lowest BCUT2D eigenvalue weighted by atomic mass is 10.1. The van der Waals surface area contributed by atoms with E-state index in [2.05, 4.69) is 20.7 Å². The quantitative estimate of drug-likeness (QED) is 0.567. The zero-order valence-corrected chi connectivity index (χ0v) is 16.4. The van der Waals surface area contributed by atoms with Crippen molar-refractivity contribution in [3.05, 3.63) is 54.1 Å². The van der Waals surface area contributed by atoms with E-state index >= 15 is 0 Å². The zero-order chi connectivity index (χ0) is 21.0. The Labute approximate surface area is 167 Å². The van der Waals surface area contributed by atoms with E-state index in [-0.39, 0.29) is 24.7 Å². The van der Waals surface area contributed by atoms with Crippen LogP contribution in [0, 0.1) is 0 Å². The predicted molar refractivity (Wildman–Crippen MR) is 109 cm³/mol. The molecule has 1 aliphatic rings. The smallest absolute Gasteiger partial charge is 0.254 e. The van der Waals surface area contributed by atoms with Crippen molar-refractivity contribution in [1.82, 2.24) is 5.32 Å². The molecule has 1 aliphatic heterocycles. The van der Waals surface area contributed by atoms with Crippen LogP contribution in [0.15, 0.2) is 48.5 Å². The first-order valence-electron chi connectivity index (χ1n) is 8.80. The van der Waals surface area contributed by atoms with Crippen molar-refractivity contribution >= 4 is 44.8 Å². The third-order valence-electron chi connectivity index (χ3n) is 4.16. The second kappa shape index (κ2) is 8.31. The number of rotatable bonds is 6.